The number of carbonyl (C=O) groups excluding carboxylic acids is 1. The lowest BCUT2D eigenvalue weighted by molar-refractivity contribution is -0.131. The van der Waals surface area contributed by atoms with Crippen molar-refractivity contribution in [1.82, 2.24) is 15.5 Å². The van der Waals surface area contributed by atoms with Gasteiger partial charge in [-0.25, -0.2) is 0 Å². The average molecular weight is 300 g/mol. The van der Waals surface area contributed by atoms with Crippen molar-refractivity contribution in [3.8, 4) is 0 Å². The van der Waals surface area contributed by atoms with Crippen LogP contribution in [0.3, 0.4) is 0 Å². The molecular weight excluding hydrogens is 276 g/mol. The van der Waals surface area contributed by atoms with E-state index in [4.69, 9.17) is 0 Å². The lowest BCUT2D eigenvalue weighted by Crippen LogP contribution is -2.68. The molecule has 3 atom stereocenters. The standard InChI is InChI=1S/C17H24N4O/c22-16-14-7-4-8-15(14)18-17(19-16)21-11-9-20(10-12-21)13-5-2-1-3-6-13/h1-3,5-6,14-15,17-18H,4,7-12H2,(H,19,22). The number of fused-ring (bicyclic) bond motifs is 1. The van der Waals surface area contributed by atoms with Crippen molar-refractivity contribution in [1.29, 1.82) is 0 Å². The van der Waals surface area contributed by atoms with E-state index in [1.807, 2.05) is 0 Å². The molecule has 1 saturated carbocycles. The fourth-order valence-electron chi connectivity index (χ4n) is 4.03. The average Bonchev–Trinajstić information content (AvgIpc) is 3.05. The van der Waals surface area contributed by atoms with Crippen LogP contribution in [0.1, 0.15) is 19.3 Å². The number of amides is 1. The number of piperazine rings is 1. The van der Waals surface area contributed by atoms with E-state index in [1.54, 1.807) is 0 Å². The molecule has 0 spiro atoms. The summed E-state index contributed by atoms with van der Waals surface area (Å²) in [5.74, 6) is 0.443. The molecule has 2 heterocycles. The Morgan fingerprint density at radius 1 is 1.00 bits per heavy atom. The van der Waals surface area contributed by atoms with E-state index in [0.717, 1.165) is 39.0 Å². The maximum absolute atomic E-state index is 12.2. The molecule has 1 aliphatic carbocycles. The fourth-order valence-corrected chi connectivity index (χ4v) is 4.03. The number of benzene rings is 1. The third kappa shape index (κ3) is 2.59. The Hall–Kier alpha value is -1.59. The SMILES string of the molecule is O=C1NC(N2CCN(c3ccccc3)CC2)NC2CCCC12. The number of anilines is 1. The number of hydrogen-bond donors (Lipinski definition) is 2. The Bertz CT molecular complexity index is 527. The van der Waals surface area contributed by atoms with Gasteiger partial charge in [0.05, 0.1) is 5.92 Å². The molecule has 2 saturated heterocycles. The molecule has 5 heteroatoms. The van der Waals surface area contributed by atoms with Crippen LogP contribution in [-0.4, -0.2) is 49.3 Å². The van der Waals surface area contributed by atoms with Crippen molar-refractivity contribution in [2.75, 3.05) is 31.1 Å². The van der Waals surface area contributed by atoms with Gasteiger partial charge in [-0.05, 0) is 25.0 Å². The van der Waals surface area contributed by atoms with Crippen LogP contribution < -0.4 is 15.5 Å². The summed E-state index contributed by atoms with van der Waals surface area (Å²) in [4.78, 5) is 17.0. The number of rotatable bonds is 2. The topological polar surface area (TPSA) is 47.6 Å². The highest BCUT2D eigenvalue weighted by Crippen LogP contribution is 2.29. The number of nitrogens with zero attached hydrogens (tertiary/aromatic N) is 2. The smallest absolute Gasteiger partial charge is 0.226 e. The van der Waals surface area contributed by atoms with E-state index in [0.29, 0.717) is 6.04 Å². The van der Waals surface area contributed by atoms with Crippen LogP contribution >= 0.6 is 0 Å². The summed E-state index contributed by atoms with van der Waals surface area (Å²) in [5.41, 5.74) is 1.29. The predicted molar refractivity (Wildman–Crippen MR) is 86.4 cm³/mol. The zero-order valence-corrected chi connectivity index (χ0v) is 12.9. The molecular formula is C17H24N4O. The summed E-state index contributed by atoms with van der Waals surface area (Å²) < 4.78 is 0. The second-order valence-electron chi connectivity index (χ2n) is 6.58. The summed E-state index contributed by atoms with van der Waals surface area (Å²) in [6.07, 6.45) is 3.37. The first-order valence-electron chi connectivity index (χ1n) is 8.42. The highest BCUT2D eigenvalue weighted by molar-refractivity contribution is 5.80. The van der Waals surface area contributed by atoms with Crippen LogP contribution in [0, 0.1) is 5.92 Å². The molecule has 1 amide bonds. The van der Waals surface area contributed by atoms with E-state index in [1.165, 1.54) is 12.1 Å². The van der Waals surface area contributed by atoms with Crippen molar-refractivity contribution in [2.45, 2.75) is 31.6 Å². The Labute approximate surface area is 131 Å². The van der Waals surface area contributed by atoms with E-state index in [9.17, 15) is 4.79 Å². The van der Waals surface area contributed by atoms with Gasteiger partial charge in [-0.3, -0.25) is 15.0 Å². The van der Waals surface area contributed by atoms with Crippen LogP contribution in [-0.2, 0) is 4.79 Å². The van der Waals surface area contributed by atoms with Crippen molar-refractivity contribution >= 4 is 11.6 Å². The van der Waals surface area contributed by atoms with Crippen LogP contribution in [0.5, 0.6) is 0 Å². The van der Waals surface area contributed by atoms with Gasteiger partial charge in [0.2, 0.25) is 5.91 Å². The van der Waals surface area contributed by atoms with Gasteiger partial charge in [0.25, 0.3) is 0 Å². The van der Waals surface area contributed by atoms with Crippen LogP contribution in [0.15, 0.2) is 30.3 Å². The monoisotopic (exact) mass is 300 g/mol. The summed E-state index contributed by atoms with van der Waals surface area (Å²) in [7, 11) is 0. The first-order valence-corrected chi connectivity index (χ1v) is 8.42. The van der Waals surface area contributed by atoms with Gasteiger partial charge >= 0.3 is 0 Å². The molecule has 4 rings (SSSR count). The Balaban J connectivity index is 1.36. The summed E-state index contributed by atoms with van der Waals surface area (Å²) in [5, 5.41) is 6.82. The molecule has 3 unspecified atom stereocenters. The second kappa shape index (κ2) is 5.89. The van der Waals surface area contributed by atoms with Gasteiger partial charge in [0.1, 0.15) is 6.29 Å². The van der Waals surface area contributed by atoms with Gasteiger partial charge in [0.15, 0.2) is 0 Å². The van der Waals surface area contributed by atoms with Crippen LogP contribution in [0.4, 0.5) is 5.69 Å². The molecule has 0 radical (unpaired) electrons. The van der Waals surface area contributed by atoms with Gasteiger partial charge in [0, 0.05) is 37.9 Å². The minimum absolute atomic E-state index is 0.0183. The third-order valence-corrected chi connectivity index (χ3v) is 5.30. The summed E-state index contributed by atoms with van der Waals surface area (Å²) in [6.45, 7) is 3.97. The van der Waals surface area contributed by atoms with E-state index in [2.05, 4.69) is 50.8 Å². The Morgan fingerprint density at radius 2 is 1.77 bits per heavy atom. The predicted octanol–water partition coefficient (Wildman–Crippen LogP) is 0.980. The van der Waals surface area contributed by atoms with E-state index < -0.39 is 0 Å². The zero-order chi connectivity index (χ0) is 14.9. The molecule has 2 aliphatic heterocycles. The minimum atomic E-state index is 0.0183. The number of para-hydroxylation sites is 1. The number of hydrogen-bond acceptors (Lipinski definition) is 4. The quantitative estimate of drug-likeness (QED) is 0.855. The number of nitrogens with one attached hydrogen (secondary N) is 2. The van der Waals surface area contributed by atoms with Gasteiger partial charge < -0.3 is 10.2 Å². The molecule has 1 aromatic rings. The van der Waals surface area contributed by atoms with Gasteiger partial charge in [-0.2, -0.15) is 0 Å². The van der Waals surface area contributed by atoms with Crippen molar-refractivity contribution in [2.24, 2.45) is 5.92 Å². The number of carbonyl (C=O) groups is 1. The van der Waals surface area contributed by atoms with Crippen molar-refractivity contribution in [3.63, 3.8) is 0 Å². The van der Waals surface area contributed by atoms with E-state index in [-0.39, 0.29) is 18.1 Å². The van der Waals surface area contributed by atoms with Crippen LogP contribution in [0.2, 0.25) is 0 Å². The molecule has 22 heavy (non-hydrogen) atoms. The van der Waals surface area contributed by atoms with Gasteiger partial charge in [-0.1, -0.05) is 24.6 Å². The largest absolute Gasteiger partial charge is 0.369 e. The summed E-state index contributed by atoms with van der Waals surface area (Å²) in [6, 6.07) is 10.9. The second-order valence-corrected chi connectivity index (χ2v) is 6.58. The van der Waals surface area contributed by atoms with Crippen LogP contribution in [0.25, 0.3) is 0 Å². The molecule has 0 bridgehead atoms. The maximum Gasteiger partial charge on any atom is 0.226 e. The molecule has 0 aromatic heterocycles. The molecule has 3 fully saturated rings. The fraction of sp³-hybridized carbons (Fsp3) is 0.588. The lowest BCUT2D eigenvalue weighted by atomic mass is 10.0. The molecule has 1 aromatic carbocycles. The summed E-state index contributed by atoms with van der Waals surface area (Å²) >= 11 is 0. The molecule has 2 N–H and O–H groups in total. The third-order valence-electron chi connectivity index (χ3n) is 5.30. The molecule has 118 valence electrons. The molecule has 3 aliphatic rings. The Kier molecular flexibility index (Phi) is 3.76. The normalized spacial score (nSPS) is 32.6. The van der Waals surface area contributed by atoms with Crippen molar-refractivity contribution < 1.29 is 4.79 Å². The first-order chi connectivity index (χ1) is 10.8. The highest BCUT2D eigenvalue weighted by Gasteiger charge is 2.41. The van der Waals surface area contributed by atoms with Crippen molar-refractivity contribution in [3.05, 3.63) is 30.3 Å². The maximum atomic E-state index is 12.2. The minimum Gasteiger partial charge on any atom is -0.369 e. The van der Waals surface area contributed by atoms with E-state index >= 15 is 0 Å². The Morgan fingerprint density at radius 3 is 2.55 bits per heavy atom. The lowest BCUT2D eigenvalue weighted by Gasteiger charge is -2.44. The zero-order valence-electron chi connectivity index (χ0n) is 12.9. The van der Waals surface area contributed by atoms with Gasteiger partial charge in [-0.15, -0.1) is 0 Å². The highest BCUT2D eigenvalue weighted by atomic mass is 16.2. The first kappa shape index (κ1) is 14.0. The molecule has 5 nitrogen and oxygen atoms in total.